The first-order chi connectivity index (χ1) is 9.45. The second kappa shape index (κ2) is 6.01. The highest BCUT2D eigenvalue weighted by molar-refractivity contribution is 7.89. The topological polar surface area (TPSA) is 76.3 Å². The van der Waals surface area contributed by atoms with Crippen molar-refractivity contribution in [2.75, 3.05) is 7.05 Å². The molecule has 0 saturated heterocycles. The Balaban J connectivity index is 2.29. The van der Waals surface area contributed by atoms with Crippen LogP contribution in [0.3, 0.4) is 0 Å². The van der Waals surface area contributed by atoms with Crippen LogP contribution in [0.2, 0.25) is 0 Å². The highest BCUT2D eigenvalue weighted by Crippen LogP contribution is 2.21. The summed E-state index contributed by atoms with van der Waals surface area (Å²) in [5, 5.41) is 2.80. The van der Waals surface area contributed by atoms with Gasteiger partial charge in [-0.25, -0.2) is 13.4 Å². The molecule has 0 radical (unpaired) electrons. The van der Waals surface area contributed by atoms with Gasteiger partial charge in [0, 0.05) is 19.0 Å². The Bertz CT molecular complexity index is 695. The lowest BCUT2D eigenvalue weighted by Crippen LogP contribution is -2.27. The molecule has 20 heavy (non-hydrogen) atoms. The second-order valence-corrected chi connectivity index (χ2v) is 7.51. The predicted octanol–water partition coefficient (Wildman–Crippen LogP) is 1.73. The summed E-state index contributed by atoms with van der Waals surface area (Å²) in [5.74, 6) is 0. The van der Waals surface area contributed by atoms with E-state index in [0.717, 1.165) is 10.7 Å². The van der Waals surface area contributed by atoms with Crippen molar-refractivity contribution in [1.29, 1.82) is 0 Å². The van der Waals surface area contributed by atoms with Crippen LogP contribution >= 0.6 is 11.3 Å². The van der Waals surface area contributed by atoms with E-state index in [9.17, 15) is 8.42 Å². The fraction of sp³-hybridized carbons (Fsp3) is 0.308. The van der Waals surface area contributed by atoms with Crippen LogP contribution in [-0.4, -0.2) is 24.8 Å². The van der Waals surface area contributed by atoms with Gasteiger partial charge in [0.05, 0.1) is 22.1 Å². The normalized spacial score (nSPS) is 12.0. The molecular weight excluding hydrogens is 294 g/mol. The van der Waals surface area contributed by atoms with Crippen molar-refractivity contribution < 1.29 is 8.42 Å². The van der Waals surface area contributed by atoms with E-state index in [0.29, 0.717) is 5.56 Å². The lowest BCUT2D eigenvalue weighted by Gasteiger charge is -2.18. The summed E-state index contributed by atoms with van der Waals surface area (Å²) in [5.41, 5.74) is 6.98. The molecule has 0 fully saturated rings. The number of aromatic nitrogens is 1. The molecule has 2 rings (SSSR count). The van der Waals surface area contributed by atoms with Gasteiger partial charge in [-0.15, -0.1) is 11.3 Å². The number of thiazole rings is 1. The van der Waals surface area contributed by atoms with Crippen molar-refractivity contribution in [3.05, 3.63) is 45.9 Å². The summed E-state index contributed by atoms with van der Waals surface area (Å²) in [6.45, 7) is 2.34. The van der Waals surface area contributed by atoms with Crippen molar-refractivity contribution in [3.8, 4) is 0 Å². The first-order valence-corrected chi connectivity index (χ1v) is 8.42. The largest absolute Gasteiger partial charge is 0.326 e. The summed E-state index contributed by atoms with van der Waals surface area (Å²) < 4.78 is 26.4. The third-order valence-corrected chi connectivity index (χ3v) is 5.66. The van der Waals surface area contributed by atoms with E-state index in [-0.39, 0.29) is 18.0 Å². The van der Waals surface area contributed by atoms with Crippen LogP contribution in [0.1, 0.15) is 16.3 Å². The average molecular weight is 311 g/mol. The number of sulfonamides is 1. The minimum Gasteiger partial charge on any atom is -0.326 e. The number of hydrogen-bond donors (Lipinski definition) is 1. The molecule has 5 nitrogen and oxygen atoms in total. The van der Waals surface area contributed by atoms with Gasteiger partial charge >= 0.3 is 0 Å². The summed E-state index contributed by atoms with van der Waals surface area (Å²) in [6, 6.07) is 6.80. The highest BCUT2D eigenvalue weighted by Gasteiger charge is 2.23. The van der Waals surface area contributed by atoms with Crippen molar-refractivity contribution >= 4 is 21.4 Å². The minimum absolute atomic E-state index is 0.194. The fourth-order valence-corrected chi connectivity index (χ4v) is 3.86. The van der Waals surface area contributed by atoms with Crippen LogP contribution in [0.5, 0.6) is 0 Å². The first kappa shape index (κ1) is 15.1. The van der Waals surface area contributed by atoms with Gasteiger partial charge in [-0.1, -0.05) is 18.2 Å². The number of aryl methyl sites for hydroxylation is 1. The van der Waals surface area contributed by atoms with Crippen LogP contribution in [-0.2, 0) is 23.1 Å². The van der Waals surface area contributed by atoms with Gasteiger partial charge in [-0.05, 0) is 18.6 Å². The average Bonchev–Trinajstić information content (AvgIpc) is 2.84. The molecule has 7 heteroatoms. The van der Waals surface area contributed by atoms with Gasteiger partial charge in [0.2, 0.25) is 10.0 Å². The minimum atomic E-state index is -3.55. The van der Waals surface area contributed by atoms with Gasteiger partial charge in [-0.2, -0.15) is 4.31 Å². The van der Waals surface area contributed by atoms with E-state index in [1.165, 1.54) is 15.6 Å². The van der Waals surface area contributed by atoms with Crippen molar-refractivity contribution in [2.24, 2.45) is 5.73 Å². The summed E-state index contributed by atoms with van der Waals surface area (Å²) in [7, 11) is -2.00. The molecular formula is C13H17N3O2S2. The Kier molecular flexibility index (Phi) is 4.54. The molecule has 2 aromatic rings. The van der Waals surface area contributed by atoms with Gasteiger partial charge < -0.3 is 5.73 Å². The maximum atomic E-state index is 12.6. The van der Waals surface area contributed by atoms with Crippen LogP contribution in [0.4, 0.5) is 0 Å². The Hall–Kier alpha value is -1.28. The molecule has 1 aromatic carbocycles. The molecule has 0 amide bonds. The molecule has 0 spiro atoms. The van der Waals surface area contributed by atoms with Crippen LogP contribution in [0.15, 0.2) is 34.5 Å². The Labute approximate surface area is 123 Å². The van der Waals surface area contributed by atoms with Crippen LogP contribution in [0, 0.1) is 6.92 Å². The van der Waals surface area contributed by atoms with E-state index in [1.54, 1.807) is 31.3 Å². The molecule has 0 saturated carbocycles. The molecule has 0 aliphatic rings. The molecule has 0 bridgehead atoms. The molecule has 2 N–H and O–H groups in total. The molecule has 0 atom stereocenters. The van der Waals surface area contributed by atoms with E-state index < -0.39 is 10.0 Å². The lowest BCUT2D eigenvalue weighted by molar-refractivity contribution is 0.462. The fourth-order valence-electron chi connectivity index (χ4n) is 1.89. The third-order valence-electron chi connectivity index (χ3n) is 2.93. The lowest BCUT2D eigenvalue weighted by atomic mass is 10.2. The zero-order chi connectivity index (χ0) is 14.8. The predicted molar refractivity (Wildman–Crippen MR) is 79.8 cm³/mol. The Morgan fingerprint density at radius 1 is 1.35 bits per heavy atom. The quantitative estimate of drug-likeness (QED) is 0.912. The van der Waals surface area contributed by atoms with E-state index in [4.69, 9.17) is 5.73 Å². The molecule has 0 aliphatic carbocycles. The third kappa shape index (κ3) is 3.06. The summed E-state index contributed by atoms with van der Waals surface area (Å²) in [4.78, 5) is 4.55. The maximum Gasteiger partial charge on any atom is 0.243 e. The van der Waals surface area contributed by atoms with Crippen molar-refractivity contribution in [1.82, 2.24) is 9.29 Å². The van der Waals surface area contributed by atoms with Crippen LogP contribution in [0.25, 0.3) is 0 Å². The highest BCUT2D eigenvalue weighted by atomic mass is 32.2. The number of rotatable bonds is 5. The van der Waals surface area contributed by atoms with Gasteiger partial charge in [0.25, 0.3) is 0 Å². The second-order valence-electron chi connectivity index (χ2n) is 4.43. The van der Waals surface area contributed by atoms with Crippen molar-refractivity contribution in [2.45, 2.75) is 24.9 Å². The molecule has 0 aliphatic heterocycles. The maximum absolute atomic E-state index is 12.6. The van der Waals surface area contributed by atoms with Gasteiger partial charge in [-0.3, -0.25) is 0 Å². The Morgan fingerprint density at radius 3 is 2.65 bits per heavy atom. The summed E-state index contributed by atoms with van der Waals surface area (Å²) in [6.07, 6.45) is 0. The number of nitrogens with zero attached hydrogens (tertiary/aromatic N) is 2. The zero-order valence-electron chi connectivity index (χ0n) is 11.4. The van der Waals surface area contributed by atoms with Gasteiger partial charge in [0.1, 0.15) is 0 Å². The van der Waals surface area contributed by atoms with Crippen molar-refractivity contribution in [3.63, 3.8) is 0 Å². The van der Waals surface area contributed by atoms with E-state index in [2.05, 4.69) is 4.98 Å². The number of hydrogen-bond acceptors (Lipinski definition) is 5. The smallest absolute Gasteiger partial charge is 0.243 e. The Morgan fingerprint density at radius 2 is 2.05 bits per heavy atom. The summed E-state index contributed by atoms with van der Waals surface area (Å²) >= 11 is 1.51. The number of benzene rings is 1. The van der Waals surface area contributed by atoms with Gasteiger partial charge in [0.15, 0.2) is 0 Å². The number of nitrogens with two attached hydrogens (primary N) is 1. The first-order valence-electron chi connectivity index (χ1n) is 6.10. The molecule has 1 heterocycles. The molecule has 1 aromatic heterocycles. The zero-order valence-corrected chi connectivity index (χ0v) is 13.0. The monoisotopic (exact) mass is 311 g/mol. The molecule has 108 valence electrons. The standard InChI is InChI=1S/C13H17N3O2S2/c1-10-15-12(9-19-10)8-16(2)20(17,18)13-6-4-3-5-11(13)7-14/h3-6,9H,7-8,14H2,1-2H3. The van der Waals surface area contributed by atoms with E-state index >= 15 is 0 Å². The van der Waals surface area contributed by atoms with Crippen LogP contribution < -0.4 is 5.73 Å². The molecule has 0 unspecified atom stereocenters. The van der Waals surface area contributed by atoms with E-state index in [1.807, 2.05) is 12.3 Å². The SMILES string of the molecule is Cc1nc(CN(C)S(=O)(=O)c2ccccc2CN)cs1.